The fourth-order valence-corrected chi connectivity index (χ4v) is 4.67. The Hall–Kier alpha value is -3.20. The van der Waals surface area contributed by atoms with Gasteiger partial charge in [-0.3, -0.25) is 4.79 Å². The molecule has 1 aliphatic rings. The van der Waals surface area contributed by atoms with Crippen molar-refractivity contribution in [3.8, 4) is 5.75 Å². The van der Waals surface area contributed by atoms with Gasteiger partial charge in [0.2, 0.25) is 5.56 Å². The Morgan fingerprint density at radius 2 is 1.59 bits per heavy atom. The number of rotatable bonds is 5. The zero-order chi connectivity index (χ0) is 25.2. The van der Waals surface area contributed by atoms with Gasteiger partial charge < -0.3 is 30.7 Å². The third kappa shape index (κ3) is 5.14. The number of H-pyrrole nitrogens is 1. The summed E-state index contributed by atoms with van der Waals surface area (Å²) in [4.78, 5) is 23.4. The number of aromatic amines is 1. The van der Waals surface area contributed by atoms with Crippen LogP contribution in [0.1, 0.15) is 45.0 Å². The van der Waals surface area contributed by atoms with Gasteiger partial charge in [0, 0.05) is 24.0 Å². The number of aliphatic carboxylic acids is 1. The van der Waals surface area contributed by atoms with Crippen LogP contribution in [0.5, 0.6) is 5.75 Å². The minimum absolute atomic E-state index is 0.00421. The molecule has 0 spiro atoms. The second kappa shape index (κ2) is 10.4. The highest BCUT2D eigenvalue weighted by Crippen LogP contribution is 2.34. The van der Waals surface area contributed by atoms with Crippen LogP contribution in [0.15, 0.2) is 29.1 Å². The highest BCUT2D eigenvalue weighted by atomic mass is 16.4. The highest BCUT2D eigenvalue weighted by molar-refractivity contribution is 5.87. The predicted molar refractivity (Wildman–Crippen MR) is 131 cm³/mol. The summed E-state index contributed by atoms with van der Waals surface area (Å²) in [7, 11) is 0. The zero-order valence-corrected chi connectivity index (χ0v) is 19.9. The highest BCUT2D eigenvalue weighted by Gasteiger charge is 2.27. The molecule has 1 atom stereocenters. The maximum absolute atomic E-state index is 11.6. The van der Waals surface area contributed by atoms with Crippen LogP contribution in [0.25, 0.3) is 10.9 Å². The summed E-state index contributed by atoms with van der Waals surface area (Å²) in [6, 6.07) is 6.58. The summed E-state index contributed by atoms with van der Waals surface area (Å²) in [5, 5.41) is 40.1. The van der Waals surface area contributed by atoms with Crippen LogP contribution in [-0.4, -0.2) is 50.6 Å². The van der Waals surface area contributed by atoms with E-state index in [1.807, 2.05) is 0 Å². The van der Waals surface area contributed by atoms with Crippen LogP contribution in [0.2, 0.25) is 0 Å². The first-order valence-electron chi connectivity index (χ1n) is 11.2. The van der Waals surface area contributed by atoms with Crippen LogP contribution < -0.4 is 10.9 Å². The average molecular weight is 469 g/mol. The monoisotopic (exact) mass is 468 g/mol. The number of benzene rings is 2. The summed E-state index contributed by atoms with van der Waals surface area (Å²) in [6.07, 6.45) is 1.21. The van der Waals surface area contributed by atoms with E-state index < -0.39 is 18.7 Å². The normalized spacial score (nSPS) is 13.9. The molecule has 2 aromatic carbocycles. The van der Waals surface area contributed by atoms with Crippen LogP contribution >= 0.6 is 0 Å². The summed E-state index contributed by atoms with van der Waals surface area (Å²) >= 11 is 0. The Balaban J connectivity index is 0.000000588. The van der Waals surface area contributed by atoms with Crippen molar-refractivity contribution in [2.75, 3.05) is 13.2 Å². The smallest absolute Gasteiger partial charge is 0.329 e. The van der Waals surface area contributed by atoms with Gasteiger partial charge in [0.1, 0.15) is 12.4 Å². The van der Waals surface area contributed by atoms with Gasteiger partial charge in [0.05, 0.1) is 11.6 Å². The molecular formula is C26H32N2O6. The van der Waals surface area contributed by atoms with E-state index in [9.17, 15) is 15.0 Å². The molecule has 1 heterocycles. The lowest BCUT2D eigenvalue weighted by Crippen LogP contribution is -2.33. The van der Waals surface area contributed by atoms with Crippen molar-refractivity contribution in [3.05, 3.63) is 73.6 Å². The van der Waals surface area contributed by atoms with E-state index in [1.165, 1.54) is 45.5 Å². The molecule has 6 N–H and O–H groups in total. The summed E-state index contributed by atoms with van der Waals surface area (Å²) in [5.41, 5.74) is 9.21. The number of carbonyl (C=O) groups is 1. The number of carboxylic acids is 1. The van der Waals surface area contributed by atoms with Gasteiger partial charge in [-0.25, -0.2) is 4.79 Å². The minimum Gasteiger partial charge on any atom is -0.506 e. The van der Waals surface area contributed by atoms with Crippen molar-refractivity contribution >= 4 is 16.9 Å². The number of aromatic hydroxyl groups is 1. The van der Waals surface area contributed by atoms with Gasteiger partial charge >= 0.3 is 5.97 Å². The first-order valence-corrected chi connectivity index (χ1v) is 11.2. The maximum atomic E-state index is 11.6. The van der Waals surface area contributed by atoms with E-state index in [2.05, 4.69) is 38.0 Å². The zero-order valence-electron chi connectivity index (χ0n) is 19.9. The van der Waals surface area contributed by atoms with E-state index in [0.29, 0.717) is 29.1 Å². The Morgan fingerprint density at radius 3 is 2.12 bits per heavy atom. The number of nitrogens with one attached hydrogen (secondary N) is 2. The molecule has 4 rings (SSSR count). The molecule has 34 heavy (non-hydrogen) atoms. The van der Waals surface area contributed by atoms with Crippen molar-refractivity contribution in [1.82, 2.24) is 10.3 Å². The number of carboxylic acid groups (broad SMARTS) is 1. The second-order valence-electron chi connectivity index (χ2n) is 8.82. The molecule has 0 fully saturated rings. The molecule has 0 aliphatic heterocycles. The molecule has 0 bridgehead atoms. The first-order chi connectivity index (χ1) is 16.0. The third-order valence-electron chi connectivity index (χ3n) is 6.86. The molecule has 1 aliphatic carbocycles. The van der Waals surface area contributed by atoms with Crippen molar-refractivity contribution in [2.45, 2.75) is 52.7 Å². The third-order valence-corrected chi connectivity index (χ3v) is 6.86. The van der Waals surface area contributed by atoms with Crippen molar-refractivity contribution in [2.24, 2.45) is 0 Å². The number of aliphatic hydroxyl groups is 2. The Kier molecular flexibility index (Phi) is 7.76. The second-order valence-corrected chi connectivity index (χ2v) is 8.82. The maximum Gasteiger partial charge on any atom is 0.329 e. The molecule has 8 nitrogen and oxygen atoms in total. The molecule has 0 saturated heterocycles. The number of fused-ring (bicyclic) bond motifs is 2. The quantitative estimate of drug-likeness (QED) is 0.337. The summed E-state index contributed by atoms with van der Waals surface area (Å²) < 4.78 is 0. The fourth-order valence-electron chi connectivity index (χ4n) is 4.67. The molecule has 3 aromatic rings. The van der Waals surface area contributed by atoms with Crippen molar-refractivity contribution in [1.29, 1.82) is 0 Å². The molecule has 0 amide bonds. The van der Waals surface area contributed by atoms with Gasteiger partial charge in [-0.05, 0) is 91.6 Å². The lowest BCUT2D eigenvalue weighted by Gasteiger charge is -2.18. The number of hydrogen-bond donors (Lipinski definition) is 6. The number of aliphatic hydroxyl groups excluding tert-OH is 2. The number of aromatic nitrogens is 1. The lowest BCUT2D eigenvalue weighted by molar-refractivity contribution is -0.140. The number of phenolic OH excluding ortho intramolecular Hbond substituents is 1. The topological polar surface area (TPSA) is 143 Å². The van der Waals surface area contributed by atoms with Crippen LogP contribution in [0.3, 0.4) is 0 Å². The number of pyridine rings is 1. The summed E-state index contributed by atoms with van der Waals surface area (Å²) in [6.45, 7) is 8.45. The predicted octanol–water partition coefficient (Wildman–Crippen LogP) is 2.32. The van der Waals surface area contributed by atoms with Crippen molar-refractivity contribution < 1.29 is 25.2 Å². The van der Waals surface area contributed by atoms with Gasteiger partial charge in [-0.15, -0.1) is 0 Å². The van der Waals surface area contributed by atoms with E-state index in [0.717, 1.165) is 12.8 Å². The van der Waals surface area contributed by atoms with Gasteiger partial charge in [-0.2, -0.15) is 0 Å². The summed E-state index contributed by atoms with van der Waals surface area (Å²) in [5.74, 6) is -1.19. The van der Waals surface area contributed by atoms with E-state index >= 15 is 0 Å². The molecule has 0 unspecified atom stereocenters. The molecule has 8 heteroatoms. The fraction of sp³-hybridized carbons (Fsp3) is 0.385. The molecule has 0 radical (unpaired) electrons. The Morgan fingerprint density at radius 1 is 1.03 bits per heavy atom. The largest absolute Gasteiger partial charge is 0.506 e. The SMILES string of the molecule is Cc1c(C)c(C)c2c(c1C)CC(NC[C@@H](O)c1ccc(O)c3[nH]c(=O)ccc13)C2.O=C(O)CO. The number of phenols is 1. The lowest BCUT2D eigenvalue weighted by atomic mass is 9.90. The Labute approximate surface area is 197 Å². The van der Waals surface area contributed by atoms with E-state index in [4.69, 9.17) is 15.0 Å². The average Bonchev–Trinajstić information content (AvgIpc) is 3.25. The van der Waals surface area contributed by atoms with Crippen molar-refractivity contribution in [3.63, 3.8) is 0 Å². The molecule has 1 aromatic heterocycles. The van der Waals surface area contributed by atoms with Crippen LogP contribution in [0.4, 0.5) is 0 Å². The standard InChI is InChI=1S/C24H28N2O3.C2H4O3/c1-12-13(2)15(4)20-10-16(9-19(20)14(12)3)25-11-22(28)17-5-7-21(27)24-18(17)6-8-23(29)26-24;3-1-2(4)5/h5-8,16,22,25,27-28H,9-11H2,1-4H3,(H,26,29);3H,1H2,(H,4,5)/t22-;/m1./s1. The molecule has 0 saturated carbocycles. The van der Waals surface area contributed by atoms with Gasteiger partial charge in [-0.1, -0.05) is 6.07 Å². The van der Waals surface area contributed by atoms with E-state index in [-0.39, 0.29) is 11.3 Å². The van der Waals surface area contributed by atoms with Crippen LogP contribution in [-0.2, 0) is 17.6 Å². The Bertz CT molecular complexity index is 1240. The van der Waals surface area contributed by atoms with Gasteiger partial charge in [0.25, 0.3) is 0 Å². The molecule has 182 valence electrons. The van der Waals surface area contributed by atoms with Crippen LogP contribution in [0, 0.1) is 27.7 Å². The first kappa shape index (κ1) is 25.4. The molecular weight excluding hydrogens is 436 g/mol. The number of hydrogen-bond acceptors (Lipinski definition) is 6. The van der Waals surface area contributed by atoms with E-state index in [1.54, 1.807) is 12.1 Å². The van der Waals surface area contributed by atoms with Gasteiger partial charge in [0.15, 0.2) is 0 Å². The minimum atomic E-state index is -1.19.